The van der Waals surface area contributed by atoms with Crippen LogP contribution in [0.2, 0.25) is 0 Å². The Morgan fingerprint density at radius 3 is 0.970 bits per heavy atom. The van der Waals surface area contributed by atoms with Crippen molar-refractivity contribution in [3.63, 3.8) is 0 Å². The Balaban J connectivity index is 0.843. The van der Waals surface area contributed by atoms with Crippen LogP contribution in [0, 0.1) is 0 Å². The largest absolute Gasteiger partial charge is 0.0622 e. The van der Waals surface area contributed by atoms with Crippen molar-refractivity contribution < 1.29 is 0 Å². The predicted molar refractivity (Wildman–Crippen MR) is 284 cm³/mol. The predicted octanol–water partition coefficient (Wildman–Crippen LogP) is 18.6. The lowest BCUT2D eigenvalue weighted by atomic mass is 9.86. The summed E-state index contributed by atoms with van der Waals surface area (Å²) in [6.07, 6.45) is 0. The lowest BCUT2D eigenvalue weighted by Crippen LogP contribution is -1.90. The number of benzene rings is 14. The van der Waals surface area contributed by atoms with Gasteiger partial charge in [-0.05, 0) is 160 Å². The fourth-order valence-electron chi connectivity index (χ4n) is 11.3. The molecule has 0 atom stereocenters. The van der Waals surface area contributed by atoms with Gasteiger partial charge in [-0.2, -0.15) is 0 Å². The van der Waals surface area contributed by atoms with E-state index in [2.05, 4.69) is 243 Å². The Bertz CT molecular complexity index is 4210. The van der Waals surface area contributed by atoms with Crippen LogP contribution in [0.5, 0.6) is 0 Å². The molecule has 0 radical (unpaired) electrons. The van der Waals surface area contributed by atoms with Crippen molar-refractivity contribution in [3.8, 4) is 66.8 Å². The molecule has 304 valence electrons. The third-order valence-electron chi connectivity index (χ3n) is 14.4. The molecule has 0 nitrogen and oxygen atoms in total. The highest BCUT2D eigenvalue weighted by Gasteiger charge is 2.18. The van der Waals surface area contributed by atoms with Gasteiger partial charge < -0.3 is 0 Å². The van der Waals surface area contributed by atoms with Crippen LogP contribution in [-0.4, -0.2) is 0 Å². The van der Waals surface area contributed by atoms with E-state index in [1.807, 2.05) is 0 Å². The van der Waals surface area contributed by atoms with E-state index in [4.69, 9.17) is 0 Å². The van der Waals surface area contributed by atoms with Crippen molar-refractivity contribution in [3.05, 3.63) is 243 Å². The fourth-order valence-corrected chi connectivity index (χ4v) is 11.3. The topological polar surface area (TPSA) is 0 Å². The number of rotatable bonds is 6. The summed E-state index contributed by atoms with van der Waals surface area (Å²) in [6, 6.07) is 90.3. The Hall–Kier alpha value is -8.58. The Kier molecular flexibility index (Phi) is 8.08. The average molecular weight is 833 g/mol. The number of fused-ring (bicyclic) bond motifs is 1. The number of hydrogen-bond donors (Lipinski definition) is 0. The summed E-state index contributed by atoms with van der Waals surface area (Å²) in [7, 11) is 0. The van der Waals surface area contributed by atoms with Gasteiger partial charge in [0, 0.05) is 0 Å². The maximum Gasteiger partial charge on any atom is -0.00203 e. The third kappa shape index (κ3) is 5.65. The summed E-state index contributed by atoms with van der Waals surface area (Å²) in [4.78, 5) is 0. The fraction of sp³-hybridized carbons (Fsp3) is 0. The highest BCUT2D eigenvalue weighted by molar-refractivity contribution is 6.29. The molecule has 0 heterocycles. The van der Waals surface area contributed by atoms with Gasteiger partial charge in [0.2, 0.25) is 0 Å². The van der Waals surface area contributed by atoms with Gasteiger partial charge >= 0.3 is 0 Å². The van der Waals surface area contributed by atoms with E-state index in [0.29, 0.717) is 0 Å². The first kappa shape index (κ1) is 36.9. The second-order valence-corrected chi connectivity index (χ2v) is 17.9. The molecule has 0 aliphatic carbocycles. The summed E-state index contributed by atoms with van der Waals surface area (Å²) in [5.41, 5.74) is 14.8. The van der Waals surface area contributed by atoms with Crippen LogP contribution >= 0.6 is 0 Å². The molecule has 0 heteroatoms. The molecule has 0 aliphatic rings. The molecule has 0 N–H and O–H groups in total. The van der Waals surface area contributed by atoms with Crippen molar-refractivity contribution in [1.82, 2.24) is 0 Å². The van der Waals surface area contributed by atoms with E-state index < -0.39 is 0 Å². The molecule has 0 aromatic heterocycles. The van der Waals surface area contributed by atoms with Crippen LogP contribution in [0.4, 0.5) is 0 Å². The lowest BCUT2D eigenvalue weighted by molar-refractivity contribution is 1.58. The average Bonchev–Trinajstić information content (AvgIpc) is 3.39. The third-order valence-corrected chi connectivity index (χ3v) is 14.4. The van der Waals surface area contributed by atoms with Crippen LogP contribution in [0.1, 0.15) is 0 Å². The van der Waals surface area contributed by atoms with Gasteiger partial charge in [-0.25, -0.2) is 0 Å². The molecule has 0 spiro atoms. The smallest absolute Gasteiger partial charge is 0.00203 e. The highest BCUT2D eigenvalue weighted by Crippen LogP contribution is 2.46. The first-order valence-electron chi connectivity index (χ1n) is 23.0. The first-order valence-corrected chi connectivity index (χ1v) is 23.0. The Morgan fingerprint density at radius 2 is 0.470 bits per heavy atom. The maximum absolute atomic E-state index is 2.37. The van der Waals surface area contributed by atoms with Gasteiger partial charge in [0.1, 0.15) is 0 Å². The van der Waals surface area contributed by atoms with Crippen LogP contribution in [0.3, 0.4) is 0 Å². The second-order valence-electron chi connectivity index (χ2n) is 17.9. The molecule has 0 fully saturated rings. The molecular weight excluding hydrogens is 793 g/mol. The van der Waals surface area contributed by atoms with Gasteiger partial charge in [-0.15, -0.1) is 0 Å². The molecule has 14 rings (SSSR count). The minimum atomic E-state index is 1.20. The zero-order chi connectivity index (χ0) is 43.3. The van der Waals surface area contributed by atoms with E-state index in [-0.39, 0.29) is 0 Å². The van der Waals surface area contributed by atoms with Gasteiger partial charge in [0.25, 0.3) is 0 Å². The van der Waals surface area contributed by atoms with Gasteiger partial charge in [0.05, 0.1) is 0 Å². The van der Waals surface area contributed by atoms with Crippen molar-refractivity contribution in [2.75, 3.05) is 0 Å². The normalized spacial score (nSPS) is 11.9. The van der Waals surface area contributed by atoms with Crippen LogP contribution in [-0.2, 0) is 0 Å². The lowest BCUT2D eigenvalue weighted by Gasteiger charge is -2.17. The zero-order valence-electron chi connectivity index (χ0n) is 36.1. The van der Waals surface area contributed by atoms with E-state index in [1.54, 1.807) is 0 Å². The summed E-state index contributed by atoms with van der Waals surface area (Å²) in [5, 5.41) is 18.2. The molecule has 14 aromatic rings. The van der Waals surface area contributed by atoms with Gasteiger partial charge in [-0.3, -0.25) is 0 Å². The van der Waals surface area contributed by atoms with Crippen molar-refractivity contribution in [2.45, 2.75) is 0 Å². The van der Waals surface area contributed by atoms with Crippen LogP contribution in [0.15, 0.2) is 243 Å². The Labute approximate surface area is 383 Å². The van der Waals surface area contributed by atoms with Gasteiger partial charge in [-0.1, -0.05) is 224 Å². The van der Waals surface area contributed by atoms with E-state index in [1.165, 1.54) is 142 Å². The highest BCUT2D eigenvalue weighted by atomic mass is 14.2. The van der Waals surface area contributed by atoms with Crippen molar-refractivity contribution in [1.29, 1.82) is 0 Å². The molecular formula is C66H40. The Morgan fingerprint density at radius 1 is 0.152 bits per heavy atom. The van der Waals surface area contributed by atoms with E-state index in [9.17, 15) is 0 Å². The van der Waals surface area contributed by atoms with Crippen molar-refractivity contribution in [2.24, 2.45) is 0 Å². The molecule has 0 amide bonds. The molecule has 0 saturated heterocycles. The van der Waals surface area contributed by atoms with Crippen molar-refractivity contribution >= 4 is 75.4 Å². The first-order chi connectivity index (χ1) is 32.7. The van der Waals surface area contributed by atoms with E-state index >= 15 is 0 Å². The monoisotopic (exact) mass is 832 g/mol. The minimum Gasteiger partial charge on any atom is -0.0622 e. The zero-order valence-corrected chi connectivity index (χ0v) is 36.1. The maximum atomic E-state index is 2.37. The summed E-state index contributed by atoms with van der Waals surface area (Å²) in [6.45, 7) is 0. The molecule has 0 unspecified atom stereocenters. The summed E-state index contributed by atoms with van der Waals surface area (Å²) >= 11 is 0. The van der Waals surface area contributed by atoms with E-state index in [0.717, 1.165) is 0 Å². The summed E-state index contributed by atoms with van der Waals surface area (Å²) < 4.78 is 0. The SMILES string of the molecule is c1ccc(-c2ccc3ccc4c(-c5cccc(-c6cccc(-c7cccc(-c8ccc9ccc%10c(-c%11cccc%12ccccc%11%12)ccc%11ccc8c9c%11%10)c7)c6)c5)ccc5ccc2c3c54)cc1. The summed E-state index contributed by atoms with van der Waals surface area (Å²) in [5.74, 6) is 0. The molecule has 0 saturated carbocycles. The van der Waals surface area contributed by atoms with Gasteiger partial charge in [0.15, 0.2) is 0 Å². The molecule has 14 aromatic carbocycles. The quantitative estimate of drug-likeness (QED) is 0.146. The molecule has 0 aliphatic heterocycles. The van der Waals surface area contributed by atoms with Crippen LogP contribution < -0.4 is 0 Å². The van der Waals surface area contributed by atoms with Crippen LogP contribution in [0.25, 0.3) is 142 Å². The molecule has 0 bridgehead atoms. The standard InChI is InChI=1S/C66H40/c1-2-10-41(11-3-1)54-30-22-43-27-35-60-55(31-23-44-26-34-59(54)63(43)64(44)60)51-18-7-16-49(39-51)47-14-6-15-48(38-47)50-17-8-19-52(40-50)56-32-24-45-29-37-62-58(33-25-46-28-36-61(56)65(45)66(46)62)57-21-9-13-42-12-4-5-20-53(42)57/h1-40H. The number of hydrogen-bond acceptors (Lipinski definition) is 0. The minimum absolute atomic E-state index is 1.20. The second kappa shape index (κ2) is 14.5. The molecule has 66 heavy (non-hydrogen) atoms.